The number of nitrogens with zero attached hydrogens (tertiary/aromatic N) is 1. The molecule has 0 bridgehead atoms. The number of benzene rings is 2. The number of ketones is 1. The summed E-state index contributed by atoms with van der Waals surface area (Å²) in [5.74, 6) is 0.533. The monoisotopic (exact) mass is 391 g/mol. The van der Waals surface area contributed by atoms with Gasteiger partial charge >= 0.3 is 0 Å². The van der Waals surface area contributed by atoms with E-state index in [1.54, 1.807) is 0 Å². The van der Waals surface area contributed by atoms with E-state index in [0.717, 1.165) is 12.8 Å². The highest BCUT2D eigenvalue weighted by molar-refractivity contribution is 6.99. The Labute approximate surface area is 169 Å². The van der Waals surface area contributed by atoms with Gasteiger partial charge in [-0.25, -0.2) is 0 Å². The van der Waals surface area contributed by atoms with Crippen molar-refractivity contribution in [2.24, 2.45) is 11.8 Å². The number of Topliss-reactive ketones (excluding diaryl/α,β-unsaturated/α-hetero) is 1. The first-order chi connectivity index (χ1) is 13.4. The van der Waals surface area contributed by atoms with Crippen LogP contribution in [0, 0.1) is 23.2 Å². The zero-order chi connectivity index (χ0) is 20.2. The molecular weight excluding hydrogens is 362 g/mol. The third-order valence-corrected chi connectivity index (χ3v) is 10.9. The summed E-state index contributed by atoms with van der Waals surface area (Å²) in [6, 6.07) is 23.2. The van der Waals surface area contributed by atoms with Gasteiger partial charge in [-0.15, -0.1) is 0 Å². The van der Waals surface area contributed by atoms with Crippen LogP contribution in [-0.2, 0) is 9.22 Å². The minimum absolute atomic E-state index is 0.0323. The summed E-state index contributed by atoms with van der Waals surface area (Å²) in [5, 5.41) is 11.3. The molecule has 0 aliphatic heterocycles. The Bertz CT molecular complexity index is 791. The molecule has 1 saturated carbocycles. The molecule has 0 amide bonds. The van der Waals surface area contributed by atoms with Gasteiger partial charge in [0, 0.05) is 12.5 Å². The van der Waals surface area contributed by atoms with Crippen LogP contribution in [0.4, 0.5) is 0 Å². The largest absolute Gasteiger partial charge is 0.407 e. The Balaban J connectivity index is 1.86. The average Bonchev–Trinajstić information content (AvgIpc) is 2.64. The van der Waals surface area contributed by atoms with Crippen LogP contribution in [0.5, 0.6) is 0 Å². The van der Waals surface area contributed by atoms with E-state index in [9.17, 15) is 4.79 Å². The number of carbonyl (C=O) groups is 1. The quantitative estimate of drug-likeness (QED) is 0.669. The molecule has 0 heterocycles. The van der Waals surface area contributed by atoms with Crippen molar-refractivity contribution in [3.05, 3.63) is 60.7 Å². The van der Waals surface area contributed by atoms with Crippen LogP contribution in [0.2, 0.25) is 5.04 Å². The highest BCUT2D eigenvalue weighted by Crippen LogP contribution is 2.40. The maximum Gasteiger partial charge on any atom is 0.261 e. The molecule has 146 valence electrons. The van der Waals surface area contributed by atoms with Crippen molar-refractivity contribution in [3.63, 3.8) is 0 Å². The highest BCUT2D eigenvalue weighted by atomic mass is 28.4. The average molecular weight is 392 g/mol. The molecule has 0 aromatic heterocycles. The maximum absolute atomic E-state index is 11.9. The molecule has 0 N–H and O–H groups in total. The topological polar surface area (TPSA) is 50.1 Å². The summed E-state index contributed by atoms with van der Waals surface area (Å²) in [6.45, 7) is 7.50. The van der Waals surface area contributed by atoms with E-state index in [2.05, 4.69) is 69.3 Å². The smallest absolute Gasteiger partial charge is 0.261 e. The van der Waals surface area contributed by atoms with Gasteiger partial charge in [0.1, 0.15) is 5.78 Å². The minimum Gasteiger partial charge on any atom is -0.407 e. The minimum atomic E-state index is -2.50. The third-order valence-electron chi connectivity index (χ3n) is 5.90. The SMILES string of the molecule is CC(C)(C)[Si](OCC1CC(C(=O)CC#N)C1)(c1ccccc1)c1ccccc1. The lowest BCUT2D eigenvalue weighted by molar-refractivity contribution is -0.126. The predicted molar refractivity (Wildman–Crippen MR) is 115 cm³/mol. The van der Waals surface area contributed by atoms with Crippen LogP contribution in [0.25, 0.3) is 0 Å². The molecule has 28 heavy (non-hydrogen) atoms. The molecular formula is C24H29NO2Si. The fraction of sp³-hybridized carbons (Fsp3) is 0.417. The number of carbonyl (C=O) groups excluding carboxylic acids is 1. The van der Waals surface area contributed by atoms with Gasteiger partial charge in [-0.2, -0.15) is 5.26 Å². The molecule has 0 radical (unpaired) electrons. The second-order valence-electron chi connectivity index (χ2n) is 8.81. The molecule has 1 aliphatic carbocycles. The fourth-order valence-corrected chi connectivity index (χ4v) is 9.00. The van der Waals surface area contributed by atoms with Gasteiger partial charge in [-0.1, -0.05) is 81.4 Å². The summed E-state index contributed by atoms with van der Waals surface area (Å²) in [4.78, 5) is 11.9. The van der Waals surface area contributed by atoms with E-state index in [0.29, 0.717) is 12.5 Å². The van der Waals surface area contributed by atoms with Crippen molar-refractivity contribution in [2.75, 3.05) is 6.61 Å². The maximum atomic E-state index is 11.9. The first kappa shape index (κ1) is 20.5. The van der Waals surface area contributed by atoms with Crippen molar-refractivity contribution < 1.29 is 9.22 Å². The molecule has 2 aromatic carbocycles. The standard InChI is InChI=1S/C24H29NO2Si/c1-24(2,3)28(21-10-6-4-7-11-21,22-12-8-5-9-13-22)27-18-19-16-20(17-19)23(26)14-15-25/h4-13,19-20H,14,16-18H2,1-3H3. The van der Waals surface area contributed by atoms with Gasteiger partial charge in [-0.3, -0.25) is 4.79 Å². The summed E-state index contributed by atoms with van der Waals surface area (Å²) in [6.07, 6.45) is 1.73. The Morgan fingerprint density at radius 1 is 1.04 bits per heavy atom. The van der Waals surface area contributed by atoms with Crippen molar-refractivity contribution in [2.45, 2.75) is 45.1 Å². The van der Waals surface area contributed by atoms with Gasteiger partial charge in [0.25, 0.3) is 8.32 Å². The molecule has 2 aromatic rings. The van der Waals surface area contributed by atoms with E-state index < -0.39 is 8.32 Å². The number of hydrogen-bond donors (Lipinski definition) is 0. The highest BCUT2D eigenvalue weighted by Gasteiger charge is 2.50. The van der Waals surface area contributed by atoms with Crippen LogP contribution in [0.3, 0.4) is 0 Å². The summed E-state index contributed by atoms with van der Waals surface area (Å²) < 4.78 is 6.92. The fourth-order valence-electron chi connectivity index (χ4n) is 4.36. The first-order valence-electron chi connectivity index (χ1n) is 10.0. The number of hydrogen-bond acceptors (Lipinski definition) is 3. The van der Waals surface area contributed by atoms with E-state index in [1.165, 1.54) is 10.4 Å². The molecule has 0 atom stereocenters. The number of rotatable bonds is 7. The Morgan fingerprint density at radius 3 is 1.96 bits per heavy atom. The zero-order valence-corrected chi connectivity index (χ0v) is 18.0. The lowest BCUT2D eigenvalue weighted by atomic mass is 9.73. The predicted octanol–water partition coefficient (Wildman–Crippen LogP) is 4.07. The van der Waals surface area contributed by atoms with Crippen molar-refractivity contribution in [1.29, 1.82) is 5.26 Å². The molecule has 1 fully saturated rings. The van der Waals surface area contributed by atoms with Crippen molar-refractivity contribution in [1.82, 2.24) is 0 Å². The summed E-state index contributed by atoms with van der Waals surface area (Å²) in [7, 11) is -2.50. The Kier molecular flexibility index (Phi) is 6.17. The Morgan fingerprint density at radius 2 is 1.54 bits per heavy atom. The van der Waals surface area contributed by atoms with Gasteiger partial charge in [0.2, 0.25) is 0 Å². The van der Waals surface area contributed by atoms with Crippen LogP contribution in [0.15, 0.2) is 60.7 Å². The van der Waals surface area contributed by atoms with Crippen LogP contribution in [-0.4, -0.2) is 20.7 Å². The lowest BCUT2D eigenvalue weighted by Gasteiger charge is -2.45. The molecule has 0 spiro atoms. The molecule has 3 nitrogen and oxygen atoms in total. The Hall–Kier alpha value is -2.22. The third kappa shape index (κ3) is 3.96. The zero-order valence-electron chi connectivity index (χ0n) is 17.0. The van der Waals surface area contributed by atoms with Gasteiger partial charge in [0.15, 0.2) is 0 Å². The lowest BCUT2D eigenvalue weighted by Crippen LogP contribution is -2.67. The first-order valence-corrected chi connectivity index (χ1v) is 11.9. The van der Waals surface area contributed by atoms with Crippen molar-refractivity contribution in [3.8, 4) is 6.07 Å². The molecule has 3 rings (SSSR count). The van der Waals surface area contributed by atoms with Gasteiger partial charge in [-0.05, 0) is 34.2 Å². The van der Waals surface area contributed by atoms with Gasteiger partial charge in [0.05, 0.1) is 12.5 Å². The van der Waals surface area contributed by atoms with Crippen LogP contribution >= 0.6 is 0 Å². The summed E-state index contributed by atoms with van der Waals surface area (Å²) >= 11 is 0. The second-order valence-corrected chi connectivity index (χ2v) is 13.1. The van der Waals surface area contributed by atoms with E-state index in [-0.39, 0.29) is 23.2 Å². The molecule has 1 aliphatic rings. The van der Waals surface area contributed by atoms with E-state index in [4.69, 9.17) is 9.69 Å². The van der Waals surface area contributed by atoms with Crippen LogP contribution < -0.4 is 10.4 Å². The second kappa shape index (κ2) is 8.42. The van der Waals surface area contributed by atoms with E-state index >= 15 is 0 Å². The van der Waals surface area contributed by atoms with E-state index in [1.807, 2.05) is 18.2 Å². The van der Waals surface area contributed by atoms with Crippen LogP contribution in [0.1, 0.15) is 40.0 Å². The van der Waals surface area contributed by atoms with Crippen molar-refractivity contribution >= 4 is 24.5 Å². The molecule has 0 unspecified atom stereocenters. The summed E-state index contributed by atoms with van der Waals surface area (Å²) in [5.41, 5.74) is 0. The molecule has 4 heteroatoms. The molecule has 0 saturated heterocycles. The number of nitriles is 1. The normalized spacial score (nSPS) is 19.5. The van der Waals surface area contributed by atoms with Gasteiger partial charge < -0.3 is 4.43 Å².